The fraction of sp³-hybridized carbons (Fsp3) is 0.333. The minimum absolute atomic E-state index is 0.0964. The number of carbonyl (C=O) groups is 1. The third-order valence-corrected chi connectivity index (χ3v) is 3.33. The summed E-state index contributed by atoms with van der Waals surface area (Å²) in [5, 5.41) is 0.664. The predicted octanol–water partition coefficient (Wildman–Crippen LogP) is 4.20. The number of imidazole rings is 1. The van der Waals surface area contributed by atoms with Gasteiger partial charge in [0.1, 0.15) is 6.33 Å². The lowest BCUT2D eigenvalue weighted by Crippen LogP contribution is -2.35. The first kappa shape index (κ1) is 14.6. The normalized spacial score (nSPS) is 10.5. The van der Waals surface area contributed by atoms with Crippen LogP contribution in [0.15, 0.2) is 43.0 Å². The summed E-state index contributed by atoms with van der Waals surface area (Å²) in [4.78, 5) is 18.2. The van der Waals surface area contributed by atoms with Crippen LogP contribution in [0.4, 0.5) is 10.5 Å². The van der Waals surface area contributed by atoms with Crippen LogP contribution in [0.25, 0.3) is 0 Å². The van der Waals surface area contributed by atoms with Gasteiger partial charge in [0.05, 0.1) is 0 Å². The van der Waals surface area contributed by atoms with Gasteiger partial charge in [0.2, 0.25) is 0 Å². The number of hydrogen-bond donors (Lipinski definition) is 0. The Bertz CT molecular complexity index is 537. The summed E-state index contributed by atoms with van der Waals surface area (Å²) >= 11 is 5.90. The van der Waals surface area contributed by atoms with Crippen molar-refractivity contribution >= 4 is 23.3 Å². The Kier molecular flexibility index (Phi) is 5.18. The highest BCUT2D eigenvalue weighted by Crippen LogP contribution is 2.19. The highest BCUT2D eigenvalue weighted by Gasteiger charge is 2.16. The maximum absolute atomic E-state index is 12.5. The molecule has 106 valence electrons. The first-order valence-corrected chi connectivity index (χ1v) is 7.15. The number of hydrogen-bond acceptors (Lipinski definition) is 2. The van der Waals surface area contributed by atoms with E-state index in [0.29, 0.717) is 11.6 Å². The van der Waals surface area contributed by atoms with Crippen LogP contribution in [0.3, 0.4) is 0 Å². The SMILES string of the molecule is CCCCCN(C(=O)n1ccnc1)c1ccc(Cl)cc1. The zero-order chi connectivity index (χ0) is 14.4. The Morgan fingerprint density at radius 1 is 1.30 bits per heavy atom. The summed E-state index contributed by atoms with van der Waals surface area (Å²) < 4.78 is 1.49. The van der Waals surface area contributed by atoms with E-state index in [9.17, 15) is 4.79 Å². The molecule has 1 amide bonds. The fourth-order valence-corrected chi connectivity index (χ4v) is 2.11. The summed E-state index contributed by atoms with van der Waals surface area (Å²) in [6, 6.07) is 7.23. The van der Waals surface area contributed by atoms with Gasteiger partial charge in [0.15, 0.2) is 0 Å². The number of nitrogens with zero attached hydrogens (tertiary/aromatic N) is 3. The average molecular weight is 292 g/mol. The van der Waals surface area contributed by atoms with Crippen LogP contribution in [-0.2, 0) is 0 Å². The molecule has 0 aliphatic rings. The topological polar surface area (TPSA) is 38.1 Å². The van der Waals surface area contributed by atoms with E-state index in [1.807, 2.05) is 12.1 Å². The first-order chi connectivity index (χ1) is 9.72. The van der Waals surface area contributed by atoms with E-state index >= 15 is 0 Å². The van der Waals surface area contributed by atoms with Gasteiger partial charge in [0, 0.05) is 29.6 Å². The number of benzene rings is 1. The van der Waals surface area contributed by atoms with Gasteiger partial charge in [-0.3, -0.25) is 9.47 Å². The number of aromatic nitrogens is 2. The van der Waals surface area contributed by atoms with E-state index in [0.717, 1.165) is 24.9 Å². The van der Waals surface area contributed by atoms with Crippen LogP contribution in [0.2, 0.25) is 5.02 Å². The molecule has 0 saturated carbocycles. The first-order valence-electron chi connectivity index (χ1n) is 6.77. The molecule has 2 aromatic rings. The molecule has 1 heterocycles. The number of anilines is 1. The molecular formula is C15H18ClN3O. The Morgan fingerprint density at radius 2 is 2.05 bits per heavy atom. The minimum atomic E-state index is -0.0964. The second-order valence-corrected chi connectivity index (χ2v) is 5.02. The Balaban J connectivity index is 2.19. The van der Waals surface area contributed by atoms with Crippen LogP contribution in [-0.4, -0.2) is 22.1 Å². The molecule has 0 saturated heterocycles. The number of unbranched alkanes of at least 4 members (excludes halogenated alkanes) is 2. The van der Waals surface area contributed by atoms with Gasteiger partial charge in [-0.25, -0.2) is 9.78 Å². The van der Waals surface area contributed by atoms with Crippen molar-refractivity contribution in [2.75, 3.05) is 11.4 Å². The number of carbonyl (C=O) groups excluding carboxylic acids is 1. The van der Waals surface area contributed by atoms with Gasteiger partial charge >= 0.3 is 6.03 Å². The highest BCUT2D eigenvalue weighted by molar-refractivity contribution is 6.30. The van der Waals surface area contributed by atoms with Crippen molar-refractivity contribution in [3.8, 4) is 0 Å². The van der Waals surface area contributed by atoms with Crippen molar-refractivity contribution in [1.82, 2.24) is 9.55 Å². The van der Waals surface area contributed by atoms with Gasteiger partial charge in [-0.05, 0) is 30.7 Å². The maximum atomic E-state index is 12.5. The second-order valence-electron chi connectivity index (χ2n) is 4.59. The van der Waals surface area contributed by atoms with E-state index in [-0.39, 0.29) is 6.03 Å². The molecule has 0 aliphatic carbocycles. The van der Waals surface area contributed by atoms with Crippen molar-refractivity contribution in [2.24, 2.45) is 0 Å². The Morgan fingerprint density at radius 3 is 2.65 bits per heavy atom. The van der Waals surface area contributed by atoms with Crippen molar-refractivity contribution < 1.29 is 4.79 Å². The van der Waals surface area contributed by atoms with Crippen molar-refractivity contribution in [3.63, 3.8) is 0 Å². The van der Waals surface area contributed by atoms with Crippen LogP contribution in [0, 0.1) is 0 Å². The second kappa shape index (κ2) is 7.10. The zero-order valence-electron chi connectivity index (χ0n) is 11.5. The van der Waals surface area contributed by atoms with Crippen molar-refractivity contribution in [1.29, 1.82) is 0 Å². The third kappa shape index (κ3) is 3.61. The van der Waals surface area contributed by atoms with E-state index in [1.165, 1.54) is 10.9 Å². The minimum Gasteiger partial charge on any atom is -0.294 e. The van der Waals surface area contributed by atoms with Gasteiger partial charge in [0.25, 0.3) is 0 Å². The summed E-state index contributed by atoms with van der Waals surface area (Å²) in [7, 11) is 0. The standard InChI is InChI=1S/C15H18ClN3O/c1-2-3-4-10-19(14-7-5-13(16)6-8-14)15(20)18-11-9-17-12-18/h5-9,11-12H,2-4,10H2,1H3. The van der Waals surface area contributed by atoms with E-state index < -0.39 is 0 Å². The summed E-state index contributed by atoms with van der Waals surface area (Å²) in [6.07, 6.45) is 7.97. The molecule has 2 rings (SSSR count). The molecular weight excluding hydrogens is 274 g/mol. The van der Waals surface area contributed by atoms with Gasteiger partial charge in [-0.15, -0.1) is 0 Å². The fourth-order valence-electron chi connectivity index (χ4n) is 1.99. The van der Waals surface area contributed by atoms with Gasteiger partial charge in [-0.1, -0.05) is 31.4 Å². The highest BCUT2D eigenvalue weighted by atomic mass is 35.5. The van der Waals surface area contributed by atoms with Crippen molar-refractivity contribution in [3.05, 3.63) is 48.0 Å². The monoisotopic (exact) mass is 291 g/mol. The molecule has 0 fully saturated rings. The van der Waals surface area contributed by atoms with Crippen molar-refractivity contribution in [2.45, 2.75) is 26.2 Å². The van der Waals surface area contributed by atoms with E-state index in [4.69, 9.17) is 11.6 Å². The third-order valence-electron chi connectivity index (χ3n) is 3.08. The molecule has 1 aromatic heterocycles. The molecule has 0 aliphatic heterocycles. The lowest BCUT2D eigenvalue weighted by atomic mass is 10.2. The molecule has 0 N–H and O–H groups in total. The van der Waals surface area contributed by atoms with Gasteiger partial charge < -0.3 is 0 Å². The smallest absolute Gasteiger partial charge is 0.294 e. The Hall–Kier alpha value is -1.81. The molecule has 20 heavy (non-hydrogen) atoms. The predicted molar refractivity (Wildman–Crippen MR) is 81.3 cm³/mol. The van der Waals surface area contributed by atoms with Crippen LogP contribution in [0.1, 0.15) is 26.2 Å². The molecule has 0 spiro atoms. The molecule has 0 radical (unpaired) electrons. The molecule has 1 aromatic carbocycles. The summed E-state index contributed by atoms with van der Waals surface area (Å²) in [5.41, 5.74) is 0.851. The molecule has 4 nitrogen and oxygen atoms in total. The molecule has 0 atom stereocenters. The average Bonchev–Trinajstić information content (AvgIpc) is 2.98. The van der Waals surface area contributed by atoms with Crippen LogP contribution in [0.5, 0.6) is 0 Å². The van der Waals surface area contributed by atoms with E-state index in [2.05, 4.69) is 11.9 Å². The van der Waals surface area contributed by atoms with Crippen LogP contribution >= 0.6 is 11.6 Å². The summed E-state index contributed by atoms with van der Waals surface area (Å²) in [6.45, 7) is 2.83. The zero-order valence-corrected chi connectivity index (χ0v) is 12.3. The largest absolute Gasteiger partial charge is 0.333 e. The lowest BCUT2D eigenvalue weighted by molar-refractivity contribution is 0.247. The molecule has 5 heteroatoms. The van der Waals surface area contributed by atoms with E-state index in [1.54, 1.807) is 29.4 Å². The Labute approximate surface area is 124 Å². The summed E-state index contributed by atoms with van der Waals surface area (Å²) in [5.74, 6) is 0. The molecule has 0 bridgehead atoms. The van der Waals surface area contributed by atoms with Gasteiger partial charge in [-0.2, -0.15) is 0 Å². The maximum Gasteiger partial charge on any atom is 0.333 e. The number of rotatable bonds is 5. The lowest BCUT2D eigenvalue weighted by Gasteiger charge is -2.22. The molecule has 0 unspecified atom stereocenters. The quantitative estimate of drug-likeness (QED) is 0.774. The number of halogens is 1. The number of amides is 1. The van der Waals surface area contributed by atoms with Crippen LogP contribution < -0.4 is 4.90 Å².